The van der Waals surface area contributed by atoms with Crippen LogP contribution in [0.4, 0.5) is 13.2 Å². The van der Waals surface area contributed by atoms with E-state index in [2.05, 4.69) is 5.32 Å². The molecule has 1 aliphatic heterocycles. The van der Waals surface area contributed by atoms with Gasteiger partial charge in [0.15, 0.2) is 0 Å². The van der Waals surface area contributed by atoms with Crippen molar-refractivity contribution in [3.63, 3.8) is 0 Å². The topological polar surface area (TPSA) is 66.5 Å². The van der Waals surface area contributed by atoms with Gasteiger partial charge in [0.25, 0.3) is 0 Å². The van der Waals surface area contributed by atoms with Gasteiger partial charge in [0, 0.05) is 35.2 Å². The van der Waals surface area contributed by atoms with Crippen LogP contribution < -0.4 is 5.32 Å². The standard InChI is InChI=1S/C21H21Cl2F3N2O3S/c22-18-7-2-8-19(23)17(18)13-32(30,31)28-9-3-5-15(12-28)20(29)27-11-14-4-1-6-16(10-14)21(24,25)26/h1-2,4,6-8,10,15H,3,5,9,11-13H2,(H,27,29)/t15-/m0/s1. The average molecular weight is 509 g/mol. The molecule has 0 aromatic heterocycles. The molecule has 1 amide bonds. The molecule has 0 spiro atoms. The molecule has 1 aliphatic rings. The summed E-state index contributed by atoms with van der Waals surface area (Å²) in [5, 5.41) is 3.11. The van der Waals surface area contributed by atoms with Crippen molar-refractivity contribution >= 4 is 39.1 Å². The van der Waals surface area contributed by atoms with Crippen molar-refractivity contribution in [2.24, 2.45) is 5.92 Å². The lowest BCUT2D eigenvalue weighted by Crippen LogP contribution is -2.45. The van der Waals surface area contributed by atoms with Crippen LogP contribution in [0.2, 0.25) is 10.0 Å². The fourth-order valence-corrected chi connectivity index (χ4v) is 5.91. The summed E-state index contributed by atoms with van der Waals surface area (Å²) in [5.74, 6) is -1.39. The van der Waals surface area contributed by atoms with Crippen molar-refractivity contribution in [3.8, 4) is 0 Å². The van der Waals surface area contributed by atoms with E-state index in [1.807, 2.05) is 0 Å². The quantitative estimate of drug-likeness (QED) is 0.605. The largest absolute Gasteiger partial charge is 0.416 e. The zero-order valence-electron chi connectivity index (χ0n) is 16.8. The molecular formula is C21H21Cl2F3N2O3S. The number of piperidine rings is 1. The van der Waals surface area contributed by atoms with Crippen molar-refractivity contribution in [3.05, 3.63) is 69.2 Å². The lowest BCUT2D eigenvalue weighted by atomic mass is 9.98. The van der Waals surface area contributed by atoms with Crippen molar-refractivity contribution in [1.29, 1.82) is 0 Å². The van der Waals surface area contributed by atoms with Gasteiger partial charge in [0.1, 0.15) is 0 Å². The first-order valence-electron chi connectivity index (χ1n) is 9.82. The van der Waals surface area contributed by atoms with E-state index in [0.29, 0.717) is 24.0 Å². The number of carbonyl (C=O) groups excluding carboxylic acids is 1. The summed E-state index contributed by atoms with van der Waals surface area (Å²) in [5.41, 5.74) is -0.189. The van der Waals surface area contributed by atoms with Crippen molar-refractivity contribution in [2.75, 3.05) is 13.1 Å². The summed E-state index contributed by atoms with van der Waals surface area (Å²) < 4.78 is 65.6. The first-order chi connectivity index (χ1) is 15.0. The van der Waals surface area contributed by atoms with E-state index in [-0.39, 0.29) is 35.4 Å². The maximum atomic E-state index is 12.9. The van der Waals surface area contributed by atoms with Crippen molar-refractivity contribution in [2.45, 2.75) is 31.3 Å². The van der Waals surface area contributed by atoms with E-state index in [0.717, 1.165) is 12.1 Å². The summed E-state index contributed by atoms with van der Waals surface area (Å²) in [7, 11) is -3.78. The zero-order valence-corrected chi connectivity index (χ0v) is 19.2. The van der Waals surface area contributed by atoms with Gasteiger partial charge in [-0.15, -0.1) is 0 Å². The van der Waals surface area contributed by atoms with Crippen LogP contribution in [-0.4, -0.2) is 31.7 Å². The van der Waals surface area contributed by atoms with Crippen LogP contribution in [0, 0.1) is 5.92 Å². The number of rotatable bonds is 6. The number of alkyl halides is 3. The lowest BCUT2D eigenvalue weighted by molar-refractivity contribution is -0.137. The zero-order chi connectivity index (χ0) is 23.5. The second-order valence-electron chi connectivity index (χ2n) is 7.57. The number of carbonyl (C=O) groups is 1. The molecule has 1 heterocycles. The Kier molecular flexibility index (Phi) is 7.75. The number of amides is 1. The molecule has 1 fully saturated rings. The third-order valence-electron chi connectivity index (χ3n) is 5.26. The first kappa shape index (κ1) is 24.8. The maximum absolute atomic E-state index is 12.9. The number of hydrogen-bond acceptors (Lipinski definition) is 3. The number of nitrogens with one attached hydrogen (secondary N) is 1. The first-order valence-corrected chi connectivity index (χ1v) is 12.2. The van der Waals surface area contributed by atoms with Gasteiger partial charge in [0.05, 0.1) is 17.2 Å². The van der Waals surface area contributed by atoms with E-state index in [9.17, 15) is 26.4 Å². The van der Waals surface area contributed by atoms with E-state index in [1.54, 1.807) is 18.2 Å². The lowest BCUT2D eigenvalue weighted by Gasteiger charge is -2.31. The molecule has 174 valence electrons. The van der Waals surface area contributed by atoms with Crippen LogP contribution in [0.15, 0.2) is 42.5 Å². The van der Waals surface area contributed by atoms with Gasteiger partial charge in [0.2, 0.25) is 15.9 Å². The predicted molar refractivity (Wildman–Crippen MR) is 117 cm³/mol. The molecule has 0 bridgehead atoms. The predicted octanol–water partition coefficient (Wildman–Crippen LogP) is 4.87. The van der Waals surface area contributed by atoms with Crippen LogP contribution in [0.3, 0.4) is 0 Å². The highest BCUT2D eigenvalue weighted by Gasteiger charge is 2.33. The van der Waals surface area contributed by atoms with Gasteiger partial charge in [-0.3, -0.25) is 4.79 Å². The Morgan fingerprint density at radius 1 is 1.12 bits per heavy atom. The van der Waals surface area contributed by atoms with E-state index in [4.69, 9.17) is 23.2 Å². The monoisotopic (exact) mass is 508 g/mol. The van der Waals surface area contributed by atoms with E-state index in [1.165, 1.54) is 16.4 Å². The molecule has 0 unspecified atom stereocenters. The van der Waals surface area contributed by atoms with Crippen molar-refractivity contribution < 1.29 is 26.4 Å². The van der Waals surface area contributed by atoms with Crippen molar-refractivity contribution in [1.82, 2.24) is 9.62 Å². The molecule has 3 rings (SSSR count). The normalized spacial score (nSPS) is 17.8. The molecule has 1 saturated heterocycles. The Balaban J connectivity index is 1.63. The molecule has 5 nitrogen and oxygen atoms in total. The minimum absolute atomic E-state index is 0.0151. The Hall–Kier alpha value is -1.81. The van der Waals surface area contributed by atoms with Crippen LogP contribution in [-0.2, 0) is 33.3 Å². The Labute approximate surface area is 194 Å². The third kappa shape index (κ3) is 6.15. The van der Waals surface area contributed by atoms with Crippen LogP contribution in [0.25, 0.3) is 0 Å². The van der Waals surface area contributed by atoms with Gasteiger partial charge < -0.3 is 5.32 Å². The second-order valence-corrected chi connectivity index (χ2v) is 10.4. The number of nitrogens with zero attached hydrogens (tertiary/aromatic N) is 1. The highest BCUT2D eigenvalue weighted by Crippen LogP contribution is 2.30. The Bertz CT molecular complexity index is 1070. The highest BCUT2D eigenvalue weighted by molar-refractivity contribution is 7.88. The summed E-state index contributed by atoms with van der Waals surface area (Å²) in [4.78, 5) is 12.6. The van der Waals surface area contributed by atoms with Gasteiger partial charge in [-0.25, -0.2) is 12.7 Å². The average Bonchev–Trinajstić information content (AvgIpc) is 2.74. The molecule has 0 aliphatic carbocycles. The molecule has 2 aromatic carbocycles. The van der Waals surface area contributed by atoms with Crippen LogP contribution in [0.1, 0.15) is 29.5 Å². The summed E-state index contributed by atoms with van der Waals surface area (Å²) >= 11 is 12.2. The minimum Gasteiger partial charge on any atom is -0.352 e. The van der Waals surface area contributed by atoms with E-state index < -0.39 is 33.6 Å². The van der Waals surface area contributed by atoms with Gasteiger partial charge in [-0.2, -0.15) is 13.2 Å². The summed E-state index contributed by atoms with van der Waals surface area (Å²) in [6, 6.07) is 9.43. The molecule has 1 atom stereocenters. The molecule has 11 heteroatoms. The SMILES string of the molecule is O=C(NCc1cccc(C(F)(F)F)c1)[C@H]1CCCN(S(=O)(=O)Cc2c(Cl)cccc2Cl)C1. The fourth-order valence-electron chi connectivity index (χ4n) is 3.54. The Morgan fingerprint density at radius 2 is 1.78 bits per heavy atom. The van der Waals surface area contributed by atoms with Crippen LogP contribution in [0.5, 0.6) is 0 Å². The van der Waals surface area contributed by atoms with E-state index >= 15 is 0 Å². The molecule has 32 heavy (non-hydrogen) atoms. The summed E-state index contributed by atoms with van der Waals surface area (Å²) in [6.07, 6.45) is -3.51. The maximum Gasteiger partial charge on any atom is 0.416 e. The third-order valence-corrected chi connectivity index (χ3v) is 7.74. The molecule has 0 radical (unpaired) electrons. The van der Waals surface area contributed by atoms with Crippen LogP contribution >= 0.6 is 23.2 Å². The second kappa shape index (κ2) is 9.99. The minimum atomic E-state index is -4.47. The molecule has 2 aromatic rings. The van der Waals surface area contributed by atoms with Gasteiger partial charge in [-0.1, -0.05) is 41.4 Å². The fraction of sp³-hybridized carbons (Fsp3) is 0.381. The number of hydrogen-bond donors (Lipinski definition) is 1. The van der Waals surface area contributed by atoms with Gasteiger partial charge >= 0.3 is 6.18 Å². The Morgan fingerprint density at radius 3 is 2.44 bits per heavy atom. The molecule has 0 saturated carbocycles. The molecular weight excluding hydrogens is 488 g/mol. The number of benzene rings is 2. The number of sulfonamides is 1. The smallest absolute Gasteiger partial charge is 0.352 e. The number of halogens is 5. The van der Waals surface area contributed by atoms with Gasteiger partial charge in [-0.05, 0) is 42.7 Å². The summed E-state index contributed by atoms with van der Waals surface area (Å²) in [6.45, 7) is 0.169. The molecule has 1 N–H and O–H groups in total. The highest BCUT2D eigenvalue weighted by atomic mass is 35.5.